The number of nitrogens with zero attached hydrogens (tertiary/aromatic N) is 2. The number of aromatic nitrogens is 2. The van der Waals surface area contributed by atoms with Gasteiger partial charge in [-0.3, -0.25) is 10.2 Å². The van der Waals surface area contributed by atoms with Crippen LogP contribution in [0, 0.1) is 0 Å². The average Bonchev–Trinajstić information content (AvgIpc) is 3.31. The highest BCUT2D eigenvalue weighted by molar-refractivity contribution is 7.89. The number of rotatable bonds is 7. The Morgan fingerprint density at radius 2 is 2.00 bits per heavy atom. The number of methoxy groups -OCH3 is 1. The summed E-state index contributed by atoms with van der Waals surface area (Å²) in [5, 5.41) is -0.190. The number of hydrogen-bond acceptors (Lipinski definition) is 6. The van der Waals surface area contributed by atoms with Gasteiger partial charge < -0.3 is 14.0 Å². The van der Waals surface area contributed by atoms with Gasteiger partial charge in [0.2, 0.25) is 0 Å². The molecule has 146 valence electrons. The molecule has 0 radical (unpaired) electrons. The van der Waals surface area contributed by atoms with Gasteiger partial charge in [-0.1, -0.05) is 0 Å². The Labute approximate surface area is 157 Å². The van der Waals surface area contributed by atoms with Gasteiger partial charge in [0.15, 0.2) is 16.5 Å². The lowest BCUT2D eigenvalue weighted by Gasteiger charge is -2.16. The summed E-state index contributed by atoms with van der Waals surface area (Å²) in [4.78, 5) is 18.1. The zero-order valence-corrected chi connectivity index (χ0v) is 16.0. The number of carbonyl (C=O) groups excluding carboxylic acids is 1. The summed E-state index contributed by atoms with van der Waals surface area (Å²) in [5.41, 5.74) is 2.43. The van der Waals surface area contributed by atoms with Crippen LogP contribution in [-0.2, 0) is 17.1 Å². The highest BCUT2D eigenvalue weighted by Gasteiger charge is 2.21. The lowest BCUT2D eigenvalue weighted by atomic mass is 10.2. The van der Waals surface area contributed by atoms with Crippen LogP contribution in [0.3, 0.4) is 0 Å². The molecule has 1 saturated carbocycles. The molecule has 1 aromatic carbocycles. The van der Waals surface area contributed by atoms with Crippen molar-refractivity contribution in [2.24, 2.45) is 7.05 Å². The molecule has 9 nitrogen and oxygen atoms in total. The van der Waals surface area contributed by atoms with E-state index in [0.717, 1.165) is 25.7 Å². The third-order valence-corrected chi connectivity index (χ3v) is 5.41. The van der Waals surface area contributed by atoms with Crippen LogP contribution in [0.15, 0.2) is 35.7 Å². The molecule has 0 unspecified atom stereocenters. The molecule has 1 aliphatic rings. The summed E-state index contributed by atoms with van der Waals surface area (Å²) in [5.74, 6) is 0.366. The van der Waals surface area contributed by atoms with Gasteiger partial charge in [0, 0.05) is 18.8 Å². The fourth-order valence-corrected chi connectivity index (χ4v) is 3.68. The minimum absolute atomic E-state index is 0.0971. The largest absolute Gasteiger partial charge is 0.493 e. The molecule has 2 N–H and O–H groups in total. The lowest BCUT2D eigenvalue weighted by Crippen LogP contribution is -2.41. The molecule has 0 bridgehead atoms. The molecule has 0 saturated heterocycles. The summed E-state index contributed by atoms with van der Waals surface area (Å²) in [7, 11) is -0.782. The average molecular weight is 394 g/mol. The van der Waals surface area contributed by atoms with Gasteiger partial charge in [-0.15, -0.1) is 4.83 Å². The number of ether oxygens (including phenoxy) is 2. The molecule has 0 aliphatic heterocycles. The van der Waals surface area contributed by atoms with Crippen LogP contribution in [0.25, 0.3) is 0 Å². The van der Waals surface area contributed by atoms with E-state index in [0.29, 0.717) is 11.5 Å². The number of nitrogens with one attached hydrogen (secondary N) is 2. The van der Waals surface area contributed by atoms with Gasteiger partial charge >= 0.3 is 0 Å². The van der Waals surface area contributed by atoms with E-state index in [4.69, 9.17) is 9.47 Å². The molecule has 10 heteroatoms. The normalized spacial score (nSPS) is 14.9. The van der Waals surface area contributed by atoms with Crippen LogP contribution < -0.4 is 19.7 Å². The van der Waals surface area contributed by atoms with Crippen LogP contribution in [-0.4, -0.2) is 37.1 Å². The van der Waals surface area contributed by atoms with Crippen molar-refractivity contribution in [1.29, 1.82) is 0 Å². The molecule has 3 rings (SSSR count). The van der Waals surface area contributed by atoms with Gasteiger partial charge in [0.25, 0.3) is 15.9 Å². The van der Waals surface area contributed by atoms with Gasteiger partial charge in [-0.05, 0) is 43.9 Å². The summed E-state index contributed by atoms with van der Waals surface area (Å²) in [6.45, 7) is 0. The SMILES string of the molecule is COc1ccc(C(=O)NNS(=O)(=O)c2cn(C)cn2)cc1OC1CCCC1. The van der Waals surface area contributed by atoms with Crippen molar-refractivity contribution in [3.8, 4) is 11.5 Å². The third kappa shape index (κ3) is 4.58. The van der Waals surface area contributed by atoms with E-state index < -0.39 is 15.9 Å². The van der Waals surface area contributed by atoms with Crippen molar-refractivity contribution in [2.45, 2.75) is 36.8 Å². The molecule has 0 spiro atoms. The fourth-order valence-electron chi connectivity index (χ4n) is 2.86. The van der Waals surface area contributed by atoms with Crippen molar-refractivity contribution in [1.82, 2.24) is 19.8 Å². The molecule has 1 fully saturated rings. The Hall–Kier alpha value is -2.59. The number of amides is 1. The van der Waals surface area contributed by atoms with Crippen molar-refractivity contribution >= 4 is 15.9 Å². The third-order valence-electron chi connectivity index (χ3n) is 4.28. The standard InChI is InChI=1S/C17H22N4O5S/c1-21-10-16(18-11-21)27(23,24)20-19-17(22)12-7-8-14(25-2)15(9-12)26-13-5-3-4-6-13/h7-11,13,20H,3-6H2,1-2H3,(H,19,22). The second kappa shape index (κ2) is 7.97. The number of aryl methyl sites for hydroxylation is 1. The molecule has 1 aromatic heterocycles. The summed E-state index contributed by atoms with van der Waals surface area (Å²) >= 11 is 0. The Bertz CT molecular complexity index is 919. The van der Waals surface area contributed by atoms with Crippen LogP contribution in [0.1, 0.15) is 36.0 Å². The molecule has 1 amide bonds. The van der Waals surface area contributed by atoms with E-state index in [1.807, 2.05) is 4.83 Å². The smallest absolute Gasteiger partial charge is 0.276 e. The Balaban J connectivity index is 1.70. The number of carbonyl (C=O) groups is 1. The number of hydrazine groups is 1. The van der Waals surface area contributed by atoms with E-state index in [-0.39, 0.29) is 16.7 Å². The monoisotopic (exact) mass is 394 g/mol. The van der Waals surface area contributed by atoms with E-state index in [1.165, 1.54) is 30.3 Å². The van der Waals surface area contributed by atoms with Gasteiger partial charge in [-0.2, -0.15) is 0 Å². The number of imidazole rings is 1. The van der Waals surface area contributed by atoms with Crippen molar-refractivity contribution in [3.63, 3.8) is 0 Å². The van der Waals surface area contributed by atoms with Crippen molar-refractivity contribution < 1.29 is 22.7 Å². The first-order valence-electron chi connectivity index (χ1n) is 8.54. The molecular weight excluding hydrogens is 372 g/mol. The maximum absolute atomic E-state index is 12.4. The lowest BCUT2D eigenvalue weighted by molar-refractivity contribution is 0.0944. The summed E-state index contributed by atoms with van der Waals surface area (Å²) in [6, 6.07) is 4.69. The maximum Gasteiger partial charge on any atom is 0.276 e. The zero-order valence-electron chi connectivity index (χ0n) is 15.1. The first-order valence-corrected chi connectivity index (χ1v) is 10.0. The molecular formula is C17H22N4O5S. The van der Waals surface area contributed by atoms with Crippen LogP contribution in [0.2, 0.25) is 0 Å². The number of benzene rings is 1. The Morgan fingerprint density at radius 1 is 1.26 bits per heavy atom. The first kappa shape index (κ1) is 19.2. The number of sulfonamides is 1. The van der Waals surface area contributed by atoms with Crippen LogP contribution in [0.5, 0.6) is 11.5 Å². The minimum Gasteiger partial charge on any atom is -0.493 e. The predicted octanol–water partition coefficient (Wildman–Crippen LogP) is 1.37. The Morgan fingerprint density at radius 3 is 2.63 bits per heavy atom. The second-order valence-electron chi connectivity index (χ2n) is 6.33. The summed E-state index contributed by atoms with van der Waals surface area (Å²) in [6.07, 6.45) is 6.93. The highest BCUT2D eigenvalue weighted by atomic mass is 32.2. The summed E-state index contributed by atoms with van der Waals surface area (Å²) < 4.78 is 37.0. The van der Waals surface area contributed by atoms with E-state index in [9.17, 15) is 13.2 Å². The van der Waals surface area contributed by atoms with Gasteiger partial charge in [0.1, 0.15) is 0 Å². The zero-order chi connectivity index (χ0) is 19.4. The molecule has 0 atom stereocenters. The highest BCUT2D eigenvalue weighted by Crippen LogP contribution is 2.32. The van der Waals surface area contributed by atoms with E-state index in [1.54, 1.807) is 19.2 Å². The van der Waals surface area contributed by atoms with E-state index in [2.05, 4.69) is 10.4 Å². The topological polar surface area (TPSA) is 112 Å². The minimum atomic E-state index is -3.95. The van der Waals surface area contributed by atoms with Gasteiger partial charge in [-0.25, -0.2) is 13.4 Å². The molecule has 27 heavy (non-hydrogen) atoms. The van der Waals surface area contributed by atoms with Crippen LogP contribution in [0.4, 0.5) is 0 Å². The molecule has 1 aliphatic carbocycles. The number of hydrogen-bond donors (Lipinski definition) is 2. The fraction of sp³-hybridized carbons (Fsp3) is 0.412. The first-order chi connectivity index (χ1) is 12.9. The molecule has 1 heterocycles. The quantitative estimate of drug-likeness (QED) is 0.686. The van der Waals surface area contributed by atoms with Crippen molar-refractivity contribution in [3.05, 3.63) is 36.3 Å². The second-order valence-corrected chi connectivity index (χ2v) is 7.96. The van der Waals surface area contributed by atoms with E-state index >= 15 is 0 Å². The Kier molecular flexibility index (Phi) is 5.66. The predicted molar refractivity (Wildman–Crippen MR) is 96.9 cm³/mol. The molecule has 2 aromatic rings. The maximum atomic E-state index is 12.4. The van der Waals surface area contributed by atoms with Gasteiger partial charge in [0.05, 0.1) is 19.5 Å². The van der Waals surface area contributed by atoms with Crippen molar-refractivity contribution in [2.75, 3.05) is 7.11 Å². The van der Waals surface area contributed by atoms with Crippen LogP contribution >= 0.6 is 0 Å².